The predicted octanol–water partition coefficient (Wildman–Crippen LogP) is 5.50. The average Bonchev–Trinajstić information content (AvgIpc) is 3.19. The lowest BCUT2D eigenvalue weighted by atomic mass is 10.1. The Bertz CT molecular complexity index is 1280. The van der Waals surface area contributed by atoms with Gasteiger partial charge in [0.1, 0.15) is 29.3 Å². The van der Waals surface area contributed by atoms with Crippen LogP contribution in [-0.4, -0.2) is 51.2 Å². The third-order valence-electron chi connectivity index (χ3n) is 5.34. The van der Waals surface area contributed by atoms with Crippen LogP contribution in [0.25, 0.3) is 21.9 Å². The van der Waals surface area contributed by atoms with E-state index < -0.39 is 11.7 Å². The number of nitrogens with one attached hydrogen (secondary N) is 1. The molecule has 4 rings (SSSR count). The van der Waals surface area contributed by atoms with Gasteiger partial charge in [0.25, 0.3) is 0 Å². The Morgan fingerprint density at radius 2 is 1.94 bits per heavy atom. The highest BCUT2D eigenvalue weighted by Crippen LogP contribution is 2.22. The number of fused-ring (bicyclic) bond motifs is 2. The summed E-state index contributed by atoms with van der Waals surface area (Å²) in [6.07, 6.45) is 6.16. The fourth-order valence-corrected chi connectivity index (χ4v) is 3.79. The Kier molecular flexibility index (Phi) is 6.95. The Morgan fingerprint density at radius 3 is 2.76 bits per heavy atom. The molecule has 2 heterocycles. The summed E-state index contributed by atoms with van der Waals surface area (Å²) in [6.45, 7) is 6.65. The number of carbonyl (C=O) groups excluding carboxylic acids is 1. The number of ether oxygens (including phenoxy) is 2. The molecule has 0 unspecified atom stereocenters. The van der Waals surface area contributed by atoms with E-state index in [0.717, 1.165) is 22.0 Å². The second kappa shape index (κ2) is 10.1. The summed E-state index contributed by atoms with van der Waals surface area (Å²) in [5, 5.41) is 0.865. The van der Waals surface area contributed by atoms with Gasteiger partial charge in [-0.2, -0.15) is 0 Å². The van der Waals surface area contributed by atoms with Gasteiger partial charge in [-0.1, -0.05) is 6.07 Å². The monoisotopic (exact) mass is 464 g/mol. The number of H-pyrrole nitrogens is 1. The molecule has 0 spiro atoms. The molecule has 0 atom stereocenters. The van der Waals surface area contributed by atoms with E-state index in [1.54, 1.807) is 23.4 Å². The van der Waals surface area contributed by atoms with E-state index in [-0.39, 0.29) is 12.4 Å². The summed E-state index contributed by atoms with van der Waals surface area (Å²) in [5.74, 6) is 0.356. The molecule has 178 valence electrons. The molecule has 8 heteroatoms. The van der Waals surface area contributed by atoms with Gasteiger partial charge in [-0.05, 0) is 69.5 Å². The summed E-state index contributed by atoms with van der Waals surface area (Å²) in [7, 11) is 0. The van der Waals surface area contributed by atoms with Gasteiger partial charge < -0.3 is 19.4 Å². The van der Waals surface area contributed by atoms with Crippen molar-refractivity contribution in [2.24, 2.45) is 0 Å². The molecule has 0 fully saturated rings. The quantitative estimate of drug-likeness (QED) is 0.372. The Labute approximate surface area is 197 Å². The first-order chi connectivity index (χ1) is 16.3. The van der Waals surface area contributed by atoms with E-state index in [0.29, 0.717) is 37.2 Å². The first-order valence-electron chi connectivity index (χ1n) is 11.4. The fourth-order valence-electron chi connectivity index (χ4n) is 3.79. The van der Waals surface area contributed by atoms with Crippen molar-refractivity contribution in [2.45, 2.75) is 39.2 Å². The van der Waals surface area contributed by atoms with Crippen molar-refractivity contribution in [2.75, 3.05) is 19.7 Å². The Morgan fingerprint density at radius 1 is 1.12 bits per heavy atom. The predicted molar refractivity (Wildman–Crippen MR) is 129 cm³/mol. The van der Waals surface area contributed by atoms with Crippen LogP contribution >= 0.6 is 0 Å². The van der Waals surface area contributed by atoms with Crippen LogP contribution in [0.4, 0.5) is 9.18 Å². The lowest BCUT2D eigenvalue weighted by Gasteiger charge is -2.27. The largest absolute Gasteiger partial charge is 0.489 e. The van der Waals surface area contributed by atoms with Gasteiger partial charge in [-0.15, -0.1) is 0 Å². The van der Waals surface area contributed by atoms with Gasteiger partial charge in [-0.3, -0.25) is 4.98 Å². The number of nitrogens with zero attached hydrogens (tertiary/aromatic N) is 3. The van der Waals surface area contributed by atoms with Gasteiger partial charge in [0, 0.05) is 36.0 Å². The highest BCUT2D eigenvalue weighted by Gasteiger charge is 2.22. The number of aromatic amines is 1. The number of amides is 1. The second-order valence-electron chi connectivity index (χ2n) is 9.10. The van der Waals surface area contributed by atoms with Crippen molar-refractivity contribution in [3.05, 3.63) is 66.4 Å². The number of para-hydroxylation sites is 1. The van der Waals surface area contributed by atoms with Crippen LogP contribution < -0.4 is 4.74 Å². The van der Waals surface area contributed by atoms with Crippen LogP contribution in [0.15, 0.2) is 55.0 Å². The molecule has 7 nitrogen and oxygen atoms in total. The maximum atomic E-state index is 13.7. The molecule has 0 aliphatic heterocycles. The van der Waals surface area contributed by atoms with E-state index in [1.807, 2.05) is 45.2 Å². The molecule has 1 amide bonds. The van der Waals surface area contributed by atoms with Crippen LogP contribution in [-0.2, 0) is 11.2 Å². The van der Waals surface area contributed by atoms with E-state index in [9.17, 15) is 9.18 Å². The zero-order chi connectivity index (χ0) is 24.1. The number of rotatable bonds is 8. The van der Waals surface area contributed by atoms with Crippen molar-refractivity contribution < 1.29 is 18.7 Å². The first kappa shape index (κ1) is 23.5. The van der Waals surface area contributed by atoms with E-state index in [1.165, 1.54) is 12.1 Å². The van der Waals surface area contributed by atoms with E-state index in [4.69, 9.17) is 9.47 Å². The third kappa shape index (κ3) is 5.81. The van der Waals surface area contributed by atoms with Crippen LogP contribution in [0.5, 0.6) is 5.75 Å². The highest BCUT2D eigenvalue weighted by molar-refractivity contribution is 5.83. The van der Waals surface area contributed by atoms with E-state index in [2.05, 4.69) is 15.0 Å². The normalized spacial score (nSPS) is 11.6. The third-order valence-corrected chi connectivity index (χ3v) is 5.34. The maximum absolute atomic E-state index is 13.7. The molecule has 0 saturated carbocycles. The number of aryl methyl sites for hydroxylation is 1. The Hall–Kier alpha value is -3.68. The van der Waals surface area contributed by atoms with Crippen molar-refractivity contribution in [3.8, 4) is 5.75 Å². The fraction of sp³-hybridized carbons (Fsp3) is 0.346. The zero-order valence-electron chi connectivity index (χ0n) is 19.7. The smallest absolute Gasteiger partial charge is 0.410 e. The van der Waals surface area contributed by atoms with Gasteiger partial charge in [0.2, 0.25) is 0 Å². The number of aromatic nitrogens is 3. The first-order valence-corrected chi connectivity index (χ1v) is 11.4. The molecule has 0 saturated heterocycles. The van der Waals surface area contributed by atoms with Gasteiger partial charge in [0.05, 0.1) is 12.1 Å². The van der Waals surface area contributed by atoms with Gasteiger partial charge >= 0.3 is 6.09 Å². The van der Waals surface area contributed by atoms with Gasteiger partial charge in [0.15, 0.2) is 0 Å². The minimum absolute atomic E-state index is 0.265. The number of halogens is 1. The molecule has 34 heavy (non-hydrogen) atoms. The Balaban J connectivity index is 1.40. The second-order valence-corrected chi connectivity index (χ2v) is 9.10. The standard InChI is InChI=1S/C26H29FN4O3/c1-26(2,3)34-25(32)31(13-5-6-18-17-30-21-10-9-19(27)16-20(18)21)14-15-33-23-8-4-7-22-24(23)29-12-11-28-22/h4,7-12,16-17,30H,5-6,13-15H2,1-3H3. The maximum Gasteiger partial charge on any atom is 0.410 e. The molecule has 2 aromatic carbocycles. The molecular formula is C26H29FN4O3. The molecule has 0 aliphatic rings. The average molecular weight is 465 g/mol. The van der Waals surface area contributed by atoms with E-state index >= 15 is 0 Å². The molecule has 2 aromatic heterocycles. The molecular weight excluding hydrogens is 435 g/mol. The summed E-state index contributed by atoms with van der Waals surface area (Å²) in [6, 6.07) is 10.3. The molecule has 1 N–H and O–H groups in total. The number of carbonyl (C=O) groups is 1. The van der Waals surface area contributed by atoms with Crippen LogP contribution in [0, 0.1) is 5.82 Å². The number of benzene rings is 2. The molecule has 4 aromatic rings. The molecule has 0 aliphatic carbocycles. The SMILES string of the molecule is CC(C)(C)OC(=O)N(CCCc1c[nH]c2ccc(F)cc12)CCOc1cccc2nccnc12. The van der Waals surface area contributed by atoms with Crippen molar-refractivity contribution in [1.82, 2.24) is 19.9 Å². The number of hydrogen-bond donors (Lipinski definition) is 1. The molecule has 0 radical (unpaired) electrons. The lowest BCUT2D eigenvalue weighted by molar-refractivity contribution is 0.0224. The zero-order valence-corrected chi connectivity index (χ0v) is 19.7. The summed E-state index contributed by atoms with van der Waals surface area (Å²) in [5.41, 5.74) is 2.74. The van der Waals surface area contributed by atoms with Crippen LogP contribution in [0.3, 0.4) is 0 Å². The summed E-state index contributed by atoms with van der Waals surface area (Å²) < 4.78 is 25.2. The summed E-state index contributed by atoms with van der Waals surface area (Å²) >= 11 is 0. The highest BCUT2D eigenvalue weighted by atomic mass is 19.1. The lowest BCUT2D eigenvalue weighted by Crippen LogP contribution is -2.39. The summed E-state index contributed by atoms with van der Waals surface area (Å²) in [4.78, 5) is 26.3. The van der Waals surface area contributed by atoms with Gasteiger partial charge in [-0.25, -0.2) is 14.2 Å². The van der Waals surface area contributed by atoms with Crippen molar-refractivity contribution >= 4 is 28.0 Å². The molecule has 0 bridgehead atoms. The minimum Gasteiger partial charge on any atom is -0.489 e. The van der Waals surface area contributed by atoms with Crippen LogP contribution in [0.2, 0.25) is 0 Å². The number of hydrogen-bond acceptors (Lipinski definition) is 5. The topological polar surface area (TPSA) is 80.3 Å². The van der Waals surface area contributed by atoms with Crippen molar-refractivity contribution in [3.63, 3.8) is 0 Å². The van der Waals surface area contributed by atoms with Crippen LogP contribution in [0.1, 0.15) is 32.8 Å². The minimum atomic E-state index is -0.601. The van der Waals surface area contributed by atoms with Crippen molar-refractivity contribution in [1.29, 1.82) is 0 Å².